The van der Waals surface area contributed by atoms with Crippen molar-refractivity contribution in [2.24, 2.45) is 0 Å². The number of rotatable bonds is 9. The Morgan fingerprint density at radius 1 is 1.11 bits per heavy atom. The Balaban J connectivity index is 1.59. The summed E-state index contributed by atoms with van der Waals surface area (Å²) in [6, 6.07) is 9.97. The highest BCUT2D eigenvalue weighted by atomic mass is 15.0. The summed E-state index contributed by atoms with van der Waals surface area (Å²) in [6.07, 6.45) is 5.10. The largest absolute Gasteiger partial charge is 0.315 e. The molecule has 1 aromatic carbocycles. The van der Waals surface area contributed by atoms with E-state index in [4.69, 9.17) is 0 Å². The van der Waals surface area contributed by atoms with Gasteiger partial charge in [-0.3, -0.25) is 0 Å². The average molecular weight is 260 g/mol. The van der Waals surface area contributed by atoms with E-state index in [2.05, 4.69) is 48.7 Å². The van der Waals surface area contributed by atoms with Gasteiger partial charge in [0.05, 0.1) is 0 Å². The molecule has 1 atom stereocenters. The molecule has 1 unspecified atom stereocenters. The van der Waals surface area contributed by atoms with Gasteiger partial charge in [0.1, 0.15) is 0 Å². The van der Waals surface area contributed by atoms with Crippen LogP contribution in [0.3, 0.4) is 0 Å². The van der Waals surface area contributed by atoms with Crippen LogP contribution in [0.15, 0.2) is 24.3 Å². The fourth-order valence-corrected chi connectivity index (χ4v) is 2.26. The first-order valence-corrected chi connectivity index (χ1v) is 7.82. The third-order valence-corrected chi connectivity index (χ3v) is 4.06. The van der Waals surface area contributed by atoms with Gasteiger partial charge in [-0.1, -0.05) is 38.1 Å². The first-order chi connectivity index (χ1) is 9.29. The molecule has 1 aromatic rings. The lowest BCUT2D eigenvalue weighted by molar-refractivity contribution is 0.609. The van der Waals surface area contributed by atoms with Gasteiger partial charge in [-0.15, -0.1) is 0 Å². The maximum absolute atomic E-state index is 3.52. The van der Waals surface area contributed by atoms with Gasteiger partial charge in [0.2, 0.25) is 0 Å². The van der Waals surface area contributed by atoms with Crippen molar-refractivity contribution in [2.45, 2.75) is 51.5 Å². The molecule has 0 aromatic heterocycles. The zero-order valence-corrected chi connectivity index (χ0v) is 12.4. The third kappa shape index (κ3) is 5.33. The topological polar surface area (TPSA) is 24.1 Å². The Labute approximate surface area is 118 Å². The lowest BCUT2D eigenvalue weighted by atomic mass is 9.97. The Morgan fingerprint density at radius 2 is 1.84 bits per heavy atom. The van der Waals surface area contributed by atoms with Crippen molar-refractivity contribution in [3.63, 3.8) is 0 Å². The quantitative estimate of drug-likeness (QED) is 0.667. The molecule has 19 heavy (non-hydrogen) atoms. The number of hydrogen-bond acceptors (Lipinski definition) is 2. The monoisotopic (exact) mass is 260 g/mol. The normalized spacial score (nSPS) is 16.5. The molecular formula is C17H28N2. The molecule has 106 valence electrons. The average Bonchev–Trinajstić information content (AvgIpc) is 3.26. The summed E-state index contributed by atoms with van der Waals surface area (Å²) >= 11 is 0. The van der Waals surface area contributed by atoms with Crippen LogP contribution in [0, 0.1) is 0 Å². The lowest BCUT2D eigenvalue weighted by Gasteiger charge is -2.10. The molecule has 2 N–H and O–H groups in total. The minimum absolute atomic E-state index is 0.681. The predicted molar refractivity (Wildman–Crippen MR) is 82.7 cm³/mol. The standard InChI is InChI=1S/C17H28N2/c1-3-14(2)16-6-4-15(5-7-16)10-11-18-12-13-19-17-8-9-17/h4-7,14,17-19H,3,8-13H2,1-2H3. The molecule has 0 amide bonds. The Kier molecular flexibility index (Phi) is 5.87. The first-order valence-electron chi connectivity index (χ1n) is 7.82. The molecule has 0 saturated heterocycles. The van der Waals surface area contributed by atoms with Gasteiger partial charge in [0.25, 0.3) is 0 Å². The van der Waals surface area contributed by atoms with Gasteiger partial charge < -0.3 is 10.6 Å². The fraction of sp³-hybridized carbons (Fsp3) is 0.647. The van der Waals surface area contributed by atoms with E-state index in [1.807, 2.05) is 0 Å². The van der Waals surface area contributed by atoms with Crippen molar-refractivity contribution in [1.82, 2.24) is 10.6 Å². The summed E-state index contributed by atoms with van der Waals surface area (Å²) in [5.74, 6) is 0.681. The molecule has 2 nitrogen and oxygen atoms in total. The first kappa shape index (κ1) is 14.5. The molecule has 0 heterocycles. The van der Waals surface area contributed by atoms with Crippen molar-refractivity contribution < 1.29 is 0 Å². The molecule has 0 aliphatic heterocycles. The van der Waals surface area contributed by atoms with Crippen molar-refractivity contribution in [1.29, 1.82) is 0 Å². The minimum atomic E-state index is 0.681. The van der Waals surface area contributed by atoms with Crippen LogP contribution in [0.25, 0.3) is 0 Å². The van der Waals surface area contributed by atoms with Gasteiger partial charge in [0, 0.05) is 19.1 Å². The fourth-order valence-electron chi connectivity index (χ4n) is 2.26. The molecule has 0 radical (unpaired) electrons. The van der Waals surface area contributed by atoms with Crippen LogP contribution in [0.1, 0.15) is 50.2 Å². The van der Waals surface area contributed by atoms with E-state index in [0.29, 0.717) is 5.92 Å². The molecule has 2 rings (SSSR count). The lowest BCUT2D eigenvalue weighted by Crippen LogP contribution is -2.29. The van der Waals surface area contributed by atoms with Crippen LogP contribution < -0.4 is 10.6 Å². The molecule has 0 spiro atoms. The number of benzene rings is 1. The maximum Gasteiger partial charge on any atom is 0.00793 e. The van der Waals surface area contributed by atoms with Gasteiger partial charge >= 0.3 is 0 Å². The van der Waals surface area contributed by atoms with Crippen LogP contribution in [0.5, 0.6) is 0 Å². The van der Waals surface area contributed by atoms with Gasteiger partial charge in [0.15, 0.2) is 0 Å². The van der Waals surface area contributed by atoms with E-state index in [9.17, 15) is 0 Å². The van der Waals surface area contributed by atoms with E-state index < -0.39 is 0 Å². The van der Waals surface area contributed by atoms with Crippen molar-refractivity contribution in [2.75, 3.05) is 19.6 Å². The van der Waals surface area contributed by atoms with E-state index in [1.54, 1.807) is 0 Å². The van der Waals surface area contributed by atoms with Crippen LogP contribution in [0.4, 0.5) is 0 Å². The van der Waals surface area contributed by atoms with Gasteiger partial charge in [-0.25, -0.2) is 0 Å². The van der Waals surface area contributed by atoms with Gasteiger partial charge in [-0.2, -0.15) is 0 Å². The molecule has 1 fully saturated rings. The summed E-state index contributed by atoms with van der Waals surface area (Å²) in [5, 5.41) is 7.02. The highest BCUT2D eigenvalue weighted by Crippen LogP contribution is 2.19. The minimum Gasteiger partial charge on any atom is -0.315 e. The SMILES string of the molecule is CCC(C)c1ccc(CCNCCNC2CC2)cc1. The van der Waals surface area contributed by atoms with Gasteiger partial charge in [-0.05, 0) is 49.3 Å². The molecule has 2 heteroatoms. The van der Waals surface area contributed by atoms with E-state index in [0.717, 1.165) is 32.1 Å². The van der Waals surface area contributed by atoms with Crippen molar-refractivity contribution in [3.8, 4) is 0 Å². The summed E-state index contributed by atoms with van der Waals surface area (Å²) in [6.45, 7) is 7.82. The second-order valence-corrected chi connectivity index (χ2v) is 5.78. The Bertz CT molecular complexity index is 354. The third-order valence-electron chi connectivity index (χ3n) is 4.06. The van der Waals surface area contributed by atoms with Crippen LogP contribution in [-0.2, 0) is 6.42 Å². The molecular weight excluding hydrogens is 232 g/mol. The van der Waals surface area contributed by atoms with Crippen LogP contribution in [0.2, 0.25) is 0 Å². The summed E-state index contributed by atoms with van der Waals surface area (Å²) in [5.41, 5.74) is 2.91. The van der Waals surface area contributed by atoms with E-state index >= 15 is 0 Å². The number of hydrogen-bond donors (Lipinski definition) is 2. The van der Waals surface area contributed by atoms with Crippen molar-refractivity contribution >= 4 is 0 Å². The second kappa shape index (κ2) is 7.66. The zero-order valence-electron chi connectivity index (χ0n) is 12.4. The smallest absolute Gasteiger partial charge is 0.00793 e. The van der Waals surface area contributed by atoms with Crippen molar-refractivity contribution in [3.05, 3.63) is 35.4 Å². The summed E-state index contributed by atoms with van der Waals surface area (Å²) in [4.78, 5) is 0. The Hall–Kier alpha value is -0.860. The Morgan fingerprint density at radius 3 is 2.47 bits per heavy atom. The molecule has 1 aliphatic rings. The van der Waals surface area contributed by atoms with Crippen LogP contribution in [-0.4, -0.2) is 25.7 Å². The highest BCUT2D eigenvalue weighted by Gasteiger charge is 2.19. The molecule has 1 aliphatic carbocycles. The highest BCUT2D eigenvalue weighted by molar-refractivity contribution is 5.25. The van der Waals surface area contributed by atoms with E-state index in [-0.39, 0.29) is 0 Å². The van der Waals surface area contributed by atoms with E-state index in [1.165, 1.54) is 30.4 Å². The summed E-state index contributed by atoms with van der Waals surface area (Å²) < 4.78 is 0. The zero-order chi connectivity index (χ0) is 13.5. The maximum atomic E-state index is 3.52. The molecule has 0 bridgehead atoms. The predicted octanol–water partition coefficient (Wildman–Crippen LogP) is 3.08. The molecule has 1 saturated carbocycles. The summed E-state index contributed by atoms with van der Waals surface area (Å²) in [7, 11) is 0. The van der Waals surface area contributed by atoms with Crippen LogP contribution >= 0.6 is 0 Å². The second-order valence-electron chi connectivity index (χ2n) is 5.78. The number of nitrogens with one attached hydrogen (secondary N) is 2.